The molecule has 6 heteroatoms. The standard InChI is InChI=1S/C82H157NO5/c1-3-5-7-9-11-13-15-17-19-21-23-24-25-32-35-39-42-46-50-54-58-62-66-70-74-80(85)79(78-84)83-81(86)75-71-67-63-59-55-51-47-43-40-36-33-30-28-26-27-29-31-34-37-41-45-49-53-57-61-65-69-73-77-88-82(87)76-72-68-64-60-56-52-48-44-38-22-20-18-16-14-12-10-8-6-4-2/h18,20,26-27,70,74,79-80,84-85H,3-17,19,21-25,28-69,71-73,75-78H2,1-2H3,(H,83,86)/b20-18-,27-26-,74-70+. The summed E-state index contributed by atoms with van der Waals surface area (Å²) in [5.74, 6) is -0.0470. The number of rotatable bonds is 76. The number of esters is 1. The third kappa shape index (κ3) is 73.1. The van der Waals surface area contributed by atoms with Crippen molar-refractivity contribution in [2.75, 3.05) is 13.2 Å². The number of aliphatic hydroxyl groups excluding tert-OH is 2. The van der Waals surface area contributed by atoms with Crippen LogP contribution in [0, 0.1) is 0 Å². The summed E-state index contributed by atoms with van der Waals surface area (Å²) in [4.78, 5) is 24.7. The fourth-order valence-corrected chi connectivity index (χ4v) is 12.7. The van der Waals surface area contributed by atoms with Crippen LogP contribution in [0.15, 0.2) is 36.5 Å². The normalized spacial score (nSPS) is 12.6. The first kappa shape index (κ1) is 86.1. The zero-order valence-electron chi connectivity index (χ0n) is 59.7. The average Bonchev–Trinajstić information content (AvgIpc) is 3.55. The van der Waals surface area contributed by atoms with Crippen LogP contribution in [0.1, 0.15) is 450 Å². The van der Waals surface area contributed by atoms with Crippen LogP contribution in [0.5, 0.6) is 0 Å². The molecule has 0 saturated heterocycles. The molecule has 2 atom stereocenters. The fourth-order valence-electron chi connectivity index (χ4n) is 12.7. The minimum atomic E-state index is -0.846. The van der Waals surface area contributed by atoms with Crippen molar-refractivity contribution in [3.63, 3.8) is 0 Å². The van der Waals surface area contributed by atoms with Gasteiger partial charge in [-0.05, 0) is 83.5 Å². The summed E-state index contributed by atoms with van der Waals surface area (Å²) in [5.41, 5.74) is 0. The molecule has 0 aliphatic heterocycles. The Bertz CT molecular complexity index is 1430. The maximum absolute atomic E-state index is 12.6. The first-order valence-electron chi connectivity index (χ1n) is 40.3. The number of unbranched alkanes of at least 4 members (excludes halogenated alkanes) is 61. The Kier molecular flexibility index (Phi) is 75.8. The lowest BCUT2D eigenvalue weighted by molar-refractivity contribution is -0.143. The predicted molar refractivity (Wildman–Crippen MR) is 389 cm³/mol. The van der Waals surface area contributed by atoms with Gasteiger partial charge in [0.1, 0.15) is 0 Å². The van der Waals surface area contributed by atoms with Gasteiger partial charge in [-0.15, -0.1) is 0 Å². The molecule has 6 nitrogen and oxygen atoms in total. The number of aliphatic hydroxyl groups is 2. The summed E-state index contributed by atoms with van der Waals surface area (Å²) in [6.45, 7) is 4.95. The first-order valence-corrected chi connectivity index (χ1v) is 40.3. The summed E-state index contributed by atoms with van der Waals surface area (Å²) < 4.78 is 5.52. The van der Waals surface area contributed by atoms with Crippen molar-refractivity contribution in [2.24, 2.45) is 0 Å². The van der Waals surface area contributed by atoms with E-state index in [1.54, 1.807) is 6.08 Å². The van der Waals surface area contributed by atoms with E-state index in [1.807, 2.05) is 6.08 Å². The van der Waals surface area contributed by atoms with Crippen molar-refractivity contribution in [3.8, 4) is 0 Å². The molecule has 3 N–H and O–H groups in total. The number of ether oxygens (including phenoxy) is 1. The third-order valence-corrected chi connectivity index (χ3v) is 18.9. The van der Waals surface area contributed by atoms with E-state index in [0.717, 1.165) is 38.5 Å². The van der Waals surface area contributed by atoms with Gasteiger partial charge in [0.2, 0.25) is 5.91 Å². The maximum atomic E-state index is 12.6. The summed E-state index contributed by atoms with van der Waals surface area (Å²) in [7, 11) is 0. The quantitative estimate of drug-likeness (QED) is 0.0320. The van der Waals surface area contributed by atoms with Crippen LogP contribution in [-0.2, 0) is 14.3 Å². The van der Waals surface area contributed by atoms with Gasteiger partial charge in [-0.3, -0.25) is 9.59 Å². The van der Waals surface area contributed by atoms with Crippen LogP contribution in [0.3, 0.4) is 0 Å². The van der Waals surface area contributed by atoms with Crippen LogP contribution in [0.2, 0.25) is 0 Å². The van der Waals surface area contributed by atoms with E-state index < -0.39 is 12.1 Å². The van der Waals surface area contributed by atoms with Crippen molar-refractivity contribution in [2.45, 2.75) is 463 Å². The third-order valence-electron chi connectivity index (χ3n) is 18.9. The summed E-state index contributed by atoms with van der Waals surface area (Å²) in [6, 6.07) is -0.630. The maximum Gasteiger partial charge on any atom is 0.305 e. The number of amides is 1. The SMILES string of the molecule is CCCCCCCC/C=C\CCCCCCCCCCCC(=O)OCCCCCCCCCCCCCC/C=C\CCCCCCCCCCCCCCC(=O)NC(CO)C(O)/C=C/CCCCCCCCCCCCCCCCCCCCCCCC. The van der Waals surface area contributed by atoms with Gasteiger partial charge >= 0.3 is 5.97 Å². The van der Waals surface area contributed by atoms with Gasteiger partial charge in [0.05, 0.1) is 25.4 Å². The summed E-state index contributed by atoms with van der Waals surface area (Å²) in [5, 5.41) is 23.3. The van der Waals surface area contributed by atoms with Gasteiger partial charge < -0.3 is 20.3 Å². The number of allylic oxidation sites excluding steroid dienone is 5. The molecule has 0 aromatic heterocycles. The monoisotopic (exact) mass is 1240 g/mol. The molecule has 0 spiro atoms. The molecule has 0 fully saturated rings. The number of hydrogen-bond acceptors (Lipinski definition) is 5. The van der Waals surface area contributed by atoms with E-state index in [4.69, 9.17) is 4.74 Å². The van der Waals surface area contributed by atoms with E-state index >= 15 is 0 Å². The minimum absolute atomic E-state index is 0.0160. The molecule has 88 heavy (non-hydrogen) atoms. The molecule has 0 aliphatic carbocycles. The van der Waals surface area contributed by atoms with E-state index in [2.05, 4.69) is 43.5 Å². The Labute approximate surface area is 551 Å². The Balaban J connectivity index is 3.39. The molecule has 0 aromatic carbocycles. The van der Waals surface area contributed by atoms with E-state index in [1.165, 1.54) is 385 Å². The molecule has 0 radical (unpaired) electrons. The number of hydrogen-bond donors (Lipinski definition) is 3. The average molecular weight is 1240 g/mol. The number of nitrogens with one attached hydrogen (secondary N) is 1. The van der Waals surface area contributed by atoms with Crippen molar-refractivity contribution in [1.82, 2.24) is 5.32 Å². The zero-order valence-corrected chi connectivity index (χ0v) is 59.7. The molecule has 0 aromatic rings. The number of carbonyl (C=O) groups is 2. The van der Waals surface area contributed by atoms with Gasteiger partial charge in [0, 0.05) is 12.8 Å². The Hall–Kier alpha value is -1.92. The van der Waals surface area contributed by atoms with Crippen LogP contribution < -0.4 is 5.32 Å². The van der Waals surface area contributed by atoms with Gasteiger partial charge in [0.15, 0.2) is 0 Å². The molecule has 0 heterocycles. The molecule has 0 rings (SSSR count). The molecule has 0 saturated carbocycles. The molecule has 2 unspecified atom stereocenters. The molecular weight excluding hydrogens is 1080 g/mol. The van der Waals surface area contributed by atoms with Crippen LogP contribution >= 0.6 is 0 Å². The van der Waals surface area contributed by atoms with Gasteiger partial charge in [0.25, 0.3) is 0 Å². The smallest absolute Gasteiger partial charge is 0.305 e. The minimum Gasteiger partial charge on any atom is -0.466 e. The van der Waals surface area contributed by atoms with Crippen molar-refractivity contribution in [1.29, 1.82) is 0 Å². The highest BCUT2D eigenvalue weighted by atomic mass is 16.5. The van der Waals surface area contributed by atoms with E-state index in [9.17, 15) is 19.8 Å². The van der Waals surface area contributed by atoms with Gasteiger partial charge in [-0.2, -0.15) is 0 Å². The lowest BCUT2D eigenvalue weighted by Crippen LogP contribution is -2.45. The second-order valence-corrected chi connectivity index (χ2v) is 27.7. The summed E-state index contributed by atoms with van der Waals surface area (Å²) in [6.07, 6.45) is 101. The zero-order chi connectivity index (χ0) is 63.5. The second-order valence-electron chi connectivity index (χ2n) is 27.7. The molecule has 1 amide bonds. The number of carbonyl (C=O) groups excluding carboxylic acids is 2. The molecule has 0 aliphatic rings. The Morgan fingerprint density at radius 1 is 0.307 bits per heavy atom. The molecule has 520 valence electrons. The second kappa shape index (κ2) is 77.5. The van der Waals surface area contributed by atoms with E-state index in [0.29, 0.717) is 19.4 Å². The lowest BCUT2D eigenvalue weighted by Gasteiger charge is -2.20. The highest BCUT2D eigenvalue weighted by Crippen LogP contribution is 2.20. The topological polar surface area (TPSA) is 95.9 Å². The summed E-state index contributed by atoms with van der Waals surface area (Å²) >= 11 is 0. The highest BCUT2D eigenvalue weighted by molar-refractivity contribution is 5.76. The first-order chi connectivity index (χ1) is 43.5. The van der Waals surface area contributed by atoms with Gasteiger partial charge in [-0.25, -0.2) is 0 Å². The van der Waals surface area contributed by atoms with Crippen LogP contribution in [0.4, 0.5) is 0 Å². The van der Waals surface area contributed by atoms with Gasteiger partial charge in [-0.1, -0.05) is 391 Å². The lowest BCUT2D eigenvalue weighted by atomic mass is 10.0. The van der Waals surface area contributed by atoms with Crippen molar-refractivity contribution >= 4 is 11.9 Å². The van der Waals surface area contributed by atoms with E-state index in [-0.39, 0.29) is 18.5 Å². The Morgan fingerprint density at radius 3 is 0.807 bits per heavy atom. The van der Waals surface area contributed by atoms with Crippen LogP contribution in [-0.4, -0.2) is 47.4 Å². The van der Waals surface area contributed by atoms with Crippen molar-refractivity contribution < 1.29 is 24.5 Å². The van der Waals surface area contributed by atoms with Crippen molar-refractivity contribution in [3.05, 3.63) is 36.5 Å². The predicted octanol–water partition coefficient (Wildman–Crippen LogP) is 26.6. The molecule has 0 bridgehead atoms. The highest BCUT2D eigenvalue weighted by Gasteiger charge is 2.18. The van der Waals surface area contributed by atoms with Crippen LogP contribution in [0.25, 0.3) is 0 Å². The molecular formula is C82H157NO5. The fraction of sp³-hybridized carbons (Fsp3) is 0.902. The Morgan fingerprint density at radius 2 is 0.534 bits per heavy atom. The largest absolute Gasteiger partial charge is 0.466 e.